The number of ether oxygens (including phenoxy) is 1. The molecule has 1 unspecified atom stereocenters. The van der Waals surface area contributed by atoms with E-state index in [4.69, 9.17) is 4.74 Å². The van der Waals surface area contributed by atoms with Gasteiger partial charge in [-0.15, -0.1) is 13.2 Å². The number of nitrogens with zero attached hydrogens (tertiary/aromatic N) is 1. The molecule has 1 aliphatic heterocycles. The molecule has 1 saturated heterocycles. The van der Waals surface area contributed by atoms with Gasteiger partial charge in [0.15, 0.2) is 0 Å². The lowest BCUT2D eigenvalue weighted by Gasteiger charge is -2.18. The molecule has 7 nitrogen and oxygen atoms in total. The Bertz CT molecular complexity index is 704. The highest BCUT2D eigenvalue weighted by Gasteiger charge is 2.44. The monoisotopic (exact) mass is 330 g/mol. The Hall–Kier alpha value is -1.14. The van der Waals surface area contributed by atoms with E-state index < -0.39 is 42.6 Å². The Morgan fingerprint density at radius 1 is 1.36 bits per heavy atom. The van der Waals surface area contributed by atoms with Crippen LogP contribution in [0.25, 0.3) is 0 Å². The van der Waals surface area contributed by atoms with Gasteiger partial charge < -0.3 is 19.9 Å². The molecule has 22 heavy (non-hydrogen) atoms. The summed E-state index contributed by atoms with van der Waals surface area (Å²) in [5.74, 6) is 0. The third kappa shape index (κ3) is 3.43. The molecule has 1 aromatic rings. The zero-order chi connectivity index (χ0) is 16.7. The smallest absolute Gasteiger partial charge is 0.328 e. The normalized spacial score (nSPS) is 29.0. The molecule has 1 aromatic heterocycles. The minimum absolute atomic E-state index is 0.139. The molecule has 3 N–H and O–H groups in total. The van der Waals surface area contributed by atoms with E-state index in [1.54, 1.807) is 0 Å². The second kappa shape index (κ2) is 6.16. The van der Waals surface area contributed by atoms with Gasteiger partial charge in [-0.2, -0.15) is 0 Å². The van der Waals surface area contributed by atoms with Crippen LogP contribution in [0.5, 0.6) is 0 Å². The highest BCUT2D eigenvalue weighted by atomic mass is 31.2. The number of rotatable bonds is 4. The van der Waals surface area contributed by atoms with Crippen LogP contribution in [0.4, 0.5) is 0 Å². The van der Waals surface area contributed by atoms with Crippen LogP contribution in [0, 0.1) is 0 Å². The zero-order valence-electron chi connectivity index (χ0n) is 13.0. The SMILES string of the molecule is C=P(C)(C)CC[C@H]1OC(c2c[nH]c(=O)n(C)c2=O)[C@H](O)[C@@H]1O. The molecule has 8 heteroatoms. The maximum Gasteiger partial charge on any atom is 0.328 e. The average molecular weight is 330 g/mol. The van der Waals surface area contributed by atoms with Crippen molar-refractivity contribution >= 4 is 13.2 Å². The Kier molecular flexibility index (Phi) is 4.82. The van der Waals surface area contributed by atoms with Gasteiger partial charge in [0.1, 0.15) is 18.3 Å². The van der Waals surface area contributed by atoms with E-state index in [2.05, 4.69) is 24.6 Å². The zero-order valence-corrected chi connectivity index (χ0v) is 13.9. The highest BCUT2D eigenvalue weighted by molar-refractivity contribution is 7.72. The molecule has 0 aliphatic carbocycles. The summed E-state index contributed by atoms with van der Waals surface area (Å²) in [4.78, 5) is 25.9. The van der Waals surface area contributed by atoms with Crippen LogP contribution in [0.15, 0.2) is 15.8 Å². The fourth-order valence-electron chi connectivity index (χ4n) is 2.51. The lowest BCUT2D eigenvalue weighted by molar-refractivity contribution is 0.00494. The number of nitrogens with one attached hydrogen (secondary N) is 1. The Balaban J connectivity index is 2.24. The van der Waals surface area contributed by atoms with Crippen molar-refractivity contribution in [1.82, 2.24) is 9.55 Å². The summed E-state index contributed by atoms with van der Waals surface area (Å²) >= 11 is 0. The van der Waals surface area contributed by atoms with Crippen molar-refractivity contribution in [3.05, 3.63) is 32.6 Å². The van der Waals surface area contributed by atoms with Crippen molar-refractivity contribution in [3.8, 4) is 0 Å². The van der Waals surface area contributed by atoms with Gasteiger partial charge in [-0.3, -0.25) is 9.36 Å². The highest BCUT2D eigenvalue weighted by Crippen LogP contribution is 2.40. The lowest BCUT2D eigenvalue weighted by Crippen LogP contribution is -2.37. The fourth-order valence-corrected chi connectivity index (χ4v) is 3.46. The van der Waals surface area contributed by atoms with E-state index >= 15 is 0 Å². The van der Waals surface area contributed by atoms with Crippen molar-refractivity contribution in [2.45, 2.75) is 30.8 Å². The van der Waals surface area contributed by atoms with Gasteiger partial charge in [-0.25, -0.2) is 4.79 Å². The van der Waals surface area contributed by atoms with E-state index in [0.29, 0.717) is 6.42 Å². The first-order valence-corrected chi connectivity index (χ1v) is 10.1. The molecule has 1 fully saturated rings. The summed E-state index contributed by atoms with van der Waals surface area (Å²) < 4.78 is 6.61. The van der Waals surface area contributed by atoms with Crippen molar-refractivity contribution in [1.29, 1.82) is 0 Å². The lowest BCUT2D eigenvalue weighted by atomic mass is 10.0. The van der Waals surface area contributed by atoms with Crippen molar-refractivity contribution in [2.24, 2.45) is 7.05 Å². The maximum absolute atomic E-state index is 12.1. The van der Waals surface area contributed by atoms with Gasteiger partial charge in [-0.1, -0.05) is 0 Å². The summed E-state index contributed by atoms with van der Waals surface area (Å²) in [6.07, 6.45) is 2.99. The number of aromatic nitrogens is 2. The van der Waals surface area contributed by atoms with Crippen LogP contribution in [0.2, 0.25) is 0 Å². The summed E-state index contributed by atoms with van der Waals surface area (Å²) in [6.45, 7) is 2.90. The average Bonchev–Trinajstić information content (AvgIpc) is 2.70. The topological polar surface area (TPSA) is 105 Å². The van der Waals surface area contributed by atoms with E-state index in [1.165, 1.54) is 13.2 Å². The van der Waals surface area contributed by atoms with Crippen LogP contribution >= 0.6 is 6.89 Å². The summed E-state index contributed by atoms with van der Waals surface area (Å²) in [5, 5.41) is 20.3. The molecule has 0 amide bonds. The maximum atomic E-state index is 12.1. The van der Waals surface area contributed by atoms with E-state index in [9.17, 15) is 19.8 Å². The van der Waals surface area contributed by atoms with Crippen molar-refractivity contribution < 1.29 is 14.9 Å². The molecule has 1 aliphatic rings. The number of aromatic amines is 1. The number of aliphatic hydroxyl groups is 2. The molecule has 0 aromatic carbocycles. The molecule has 2 heterocycles. The van der Waals surface area contributed by atoms with Crippen LogP contribution in [0.1, 0.15) is 18.1 Å². The molecule has 0 saturated carbocycles. The Morgan fingerprint density at radius 2 is 2.00 bits per heavy atom. The van der Waals surface area contributed by atoms with E-state index in [1.807, 2.05) is 0 Å². The minimum atomic E-state index is -1.27. The first-order valence-electron chi connectivity index (χ1n) is 7.09. The second-order valence-electron chi connectivity index (χ2n) is 6.44. The first kappa shape index (κ1) is 17.2. The fraction of sp³-hybridized carbons (Fsp3) is 0.643. The second-order valence-corrected chi connectivity index (χ2v) is 10.8. The molecule has 124 valence electrons. The minimum Gasteiger partial charge on any atom is -0.388 e. The molecule has 0 bridgehead atoms. The predicted octanol–water partition coefficient (Wildman–Crippen LogP) is -0.665. The largest absolute Gasteiger partial charge is 0.388 e. The number of aliphatic hydroxyl groups excluding tert-OH is 2. The van der Waals surface area contributed by atoms with Gasteiger partial charge in [0.05, 0.1) is 11.7 Å². The molecule has 4 atom stereocenters. The van der Waals surface area contributed by atoms with Gasteiger partial charge in [-0.05, 0) is 25.9 Å². The van der Waals surface area contributed by atoms with E-state index in [0.717, 1.165) is 10.7 Å². The summed E-state index contributed by atoms with van der Waals surface area (Å²) in [5.41, 5.74) is -0.938. The number of hydrogen-bond donors (Lipinski definition) is 3. The molecule has 2 rings (SSSR count). The Morgan fingerprint density at radius 3 is 2.59 bits per heavy atom. The number of H-pyrrole nitrogens is 1. The summed E-state index contributed by atoms with van der Waals surface area (Å²) in [6, 6.07) is 0. The van der Waals surface area contributed by atoms with Crippen molar-refractivity contribution in [2.75, 3.05) is 19.5 Å². The van der Waals surface area contributed by atoms with Gasteiger partial charge >= 0.3 is 5.69 Å². The molecule has 0 radical (unpaired) electrons. The molecule has 0 spiro atoms. The Labute approximate surface area is 128 Å². The molecular weight excluding hydrogens is 307 g/mol. The van der Waals surface area contributed by atoms with Crippen molar-refractivity contribution in [3.63, 3.8) is 0 Å². The third-order valence-corrected chi connectivity index (χ3v) is 5.36. The van der Waals surface area contributed by atoms with Gasteiger partial charge in [0.25, 0.3) is 5.56 Å². The third-order valence-electron chi connectivity index (χ3n) is 3.90. The quantitative estimate of drug-likeness (QED) is 0.636. The summed E-state index contributed by atoms with van der Waals surface area (Å²) in [7, 11) is 1.34. The predicted molar refractivity (Wildman–Crippen MR) is 87.3 cm³/mol. The molecular formula is C14H23N2O5P. The van der Waals surface area contributed by atoms with E-state index in [-0.39, 0.29) is 5.56 Å². The van der Waals surface area contributed by atoms with Crippen LogP contribution < -0.4 is 11.2 Å². The first-order chi connectivity index (χ1) is 10.1. The van der Waals surface area contributed by atoms with Gasteiger partial charge in [0, 0.05) is 13.2 Å². The standard InChI is InChI=1S/C14H23N2O5P/c1-16-13(19)8(7-15-14(16)20)12-11(18)10(17)9(21-12)5-6-22(2,3)4/h7,9-12,17-18H,2,5-6H2,1,3-4H3,(H,15,20)/t9-,10-,11-,12?/m1/s1. The van der Waals surface area contributed by atoms with Gasteiger partial charge in [0.2, 0.25) is 0 Å². The number of hydrogen-bond acceptors (Lipinski definition) is 5. The van der Waals surface area contributed by atoms with Crippen LogP contribution in [0.3, 0.4) is 0 Å². The van der Waals surface area contributed by atoms with Crippen LogP contribution in [-0.2, 0) is 11.8 Å². The van der Waals surface area contributed by atoms with Crippen LogP contribution in [-0.4, -0.2) is 63.9 Å².